The van der Waals surface area contributed by atoms with Crippen molar-refractivity contribution in [3.05, 3.63) is 34.4 Å². The molecule has 2 aliphatic rings. The van der Waals surface area contributed by atoms with Gasteiger partial charge in [-0.25, -0.2) is 0 Å². The first kappa shape index (κ1) is 9.14. The molecule has 0 radical (unpaired) electrons. The predicted octanol–water partition coefficient (Wildman–Crippen LogP) is 3.16. The van der Waals surface area contributed by atoms with E-state index in [4.69, 9.17) is 4.99 Å². The second-order valence-corrected chi connectivity index (χ2v) is 5.59. The van der Waals surface area contributed by atoms with Crippen LogP contribution in [-0.2, 0) is 5.41 Å². The first-order valence-electron chi connectivity index (χ1n) is 5.63. The monoisotopic (exact) mass is 199 g/mol. The normalized spacial score (nSPS) is 36.0. The van der Waals surface area contributed by atoms with Crippen LogP contribution in [0.5, 0.6) is 0 Å². The van der Waals surface area contributed by atoms with Gasteiger partial charge in [-0.15, -0.1) is 0 Å². The van der Waals surface area contributed by atoms with Crippen molar-refractivity contribution >= 4 is 6.21 Å². The maximum Gasteiger partial charge on any atom is 0.0684 e. The quantitative estimate of drug-likeness (QED) is 0.608. The van der Waals surface area contributed by atoms with E-state index >= 15 is 0 Å². The van der Waals surface area contributed by atoms with E-state index in [0.29, 0.717) is 5.41 Å². The molecule has 1 fully saturated rings. The number of hydrogen-bond donors (Lipinski definition) is 0. The number of aliphatic imine (C=N–C) groups is 1. The van der Waals surface area contributed by atoms with Crippen LogP contribution in [0, 0.1) is 13.8 Å². The van der Waals surface area contributed by atoms with E-state index in [9.17, 15) is 0 Å². The summed E-state index contributed by atoms with van der Waals surface area (Å²) in [5.74, 6) is 0. The molecule has 1 heteroatoms. The van der Waals surface area contributed by atoms with Gasteiger partial charge in [0.25, 0.3) is 0 Å². The highest BCUT2D eigenvalue weighted by molar-refractivity contribution is 5.87. The van der Waals surface area contributed by atoms with Crippen molar-refractivity contribution in [2.24, 2.45) is 4.99 Å². The van der Waals surface area contributed by atoms with Crippen molar-refractivity contribution in [3.63, 3.8) is 0 Å². The highest BCUT2D eigenvalue weighted by atomic mass is 15.0. The maximum absolute atomic E-state index is 4.71. The number of fused-ring (bicyclic) bond motifs is 3. The molecule has 0 bridgehead atoms. The summed E-state index contributed by atoms with van der Waals surface area (Å²) in [7, 11) is 0. The summed E-state index contributed by atoms with van der Waals surface area (Å²) in [6, 6.07) is 4.55. The average molecular weight is 199 g/mol. The molecule has 1 nitrogen and oxygen atoms in total. The van der Waals surface area contributed by atoms with Crippen molar-refractivity contribution in [2.75, 3.05) is 0 Å². The first-order chi connectivity index (χ1) is 6.96. The van der Waals surface area contributed by atoms with Crippen LogP contribution in [0.4, 0.5) is 0 Å². The summed E-state index contributed by atoms with van der Waals surface area (Å²) >= 11 is 0. The third-order valence-corrected chi connectivity index (χ3v) is 4.31. The minimum Gasteiger partial charge on any atom is -0.285 e. The summed E-state index contributed by atoms with van der Waals surface area (Å²) in [6.45, 7) is 9.01. The van der Waals surface area contributed by atoms with Gasteiger partial charge >= 0.3 is 0 Å². The van der Waals surface area contributed by atoms with Gasteiger partial charge in [-0.05, 0) is 43.9 Å². The van der Waals surface area contributed by atoms with Crippen molar-refractivity contribution in [1.29, 1.82) is 0 Å². The lowest BCUT2D eigenvalue weighted by molar-refractivity contribution is 0.603. The van der Waals surface area contributed by atoms with Gasteiger partial charge in [0, 0.05) is 11.6 Å². The van der Waals surface area contributed by atoms with Gasteiger partial charge < -0.3 is 0 Å². The fraction of sp³-hybridized carbons (Fsp3) is 0.500. The van der Waals surface area contributed by atoms with Gasteiger partial charge in [0.05, 0.1) is 5.54 Å². The fourth-order valence-corrected chi connectivity index (χ4v) is 3.26. The molecule has 0 spiro atoms. The Morgan fingerprint density at radius 1 is 1.20 bits per heavy atom. The van der Waals surface area contributed by atoms with Gasteiger partial charge in [0.1, 0.15) is 0 Å². The van der Waals surface area contributed by atoms with Crippen molar-refractivity contribution in [3.8, 4) is 0 Å². The molecule has 1 saturated carbocycles. The Morgan fingerprint density at radius 3 is 2.67 bits per heavy atom. The third kappa shape index (κ3) is 0.961. The van der Waals surface area contributed by atoms with Gasteiger partial charge in [0.15, 0.2) is 0 Å². The molecule has 0 N–H and O–H groups in total. The number of hydrogen-bond acceptors (Lipinski definition) is 1. The molecule has 0 amide bonds. The largest absolute Gasteiger partial charge is 0.285 e. The molecule has 0 saturated heterocycles. The third-order valence-electron chi connectivity index (χ3n) is 4.31. The van der Waals surface area contributed by atoms with E-state index < -0.39 is 0 Å². The Hall–Kier alpha value is -1.11. The standard InChI is InChI=1S/C14H17N/c1-9-5-10(2)12-11(6-9)7-15-14(4)8-13(12,14)3/h5-7H,8H2,1-4H3. The number of benzene rings is 1. The van der Waals surface area contributed by atoms with Crippen LogP contribution in [0.2, 0.25) is 0 Å². The lowest BCUT2D eigenvalue weighted by atomic mass is 9.83. The first-order valence-corrected chi connectivity index (χ1v) is 5.63. The molecule has 1 heterocycles. The molecular formula is C14H17N. The molecule has 3 rings (SSSR count). The molecule has 2 atom stereocenters. The number of nitrogens with zero attached hydrogens (tertiary/aromatic N) is 1. The van der Waals surface area contributed by atoms with Crippen LogP contribution in [0.25, 0.3) is 0 Å². The van der Waals surface area contributed by atoms with E-state index in [-0.39, 0.29) is 5.54 Å². The molecule has 1 aromatic carbocycles. The van der Waals surface area contributed by atoms with Crippen LogP contribution in [0.15, 0.2) is 17.1 Å². The summed E-state index contributed by atoms with van der Waals surface area (Å²) in [4.78, 5) is 4.71. The Bertz CT molecular complexity index is 486. The van der Waals surface area contributed by atoms with Crippen molar-refractivity contribution < 1.29 is 0 Å². The van der Waals surface area contributed by atoms with Crippen molar-refractivity contribution in [2.45, 2.75) is 45.1 Å². The maximum atomic E-state index is 4.71. The van der Waals surface area contributed by atoms with Gasteiger partial charge in [-0.1, -0.05) is 24.6 Å². The smallest absolute Gasteiger partial charge is 0.0684 e. The zero-order valence-corrected chi connectivity index (χ0v) is 9.89. The van der Waals surface area contributed by atoms with Gasteiger partial charge in [-0.2, -0.15) is 0 Å². The average Bonchev–Trinajstić information content (AvgIpc) is 2.67. The number of rotatable bonds is 0. The fourth-order valence-electron chi connectivity index (χ4n) is 3.26. The highest BCUT2D eigenvalue weighted by Crippen LogP contribution is 2.62. The molecule has 1 aromatic rings. The van der Waals surface area contributed by atoms with E-state index in [1.807, 2.05) is 0 Å². The van der Waals surface area contributed by atoms with Crippen LogP contribution in [-0.4, -0.2) is 11.8 Å². The van der Waals surface area contributed by atoms with Crippen LogP contribution in [0.1, 0.15) is 42.5 Å². The van der Waals surface area contributed by atoms with Crippen LogP contribution >= 0.6 is 0 Å². The van der Waals surface area contributed by atoms with Crippen LogP contribution in [0.3, 0.4) is 0 Å². The predicted molar refractivity (Wildman–Crippen MR) is 63.9 cm³/mol. The summed E-state index contributed by atoms with van der Waals surface area (Å²) in [5, 5.41) is 0. The van der Waals surface area contributed by atoms with Gasteiger partial charge in [-0.3, -0.25) is 4.99 Å². The zero-order valence-electron chi connectivity index (χ0n) is 9.89. The van der Waals surface area contributed by atoms with Crippen LogP contribution < -0.4 is 0 Å². The summed E-state index contributed by atoms with van der Waals surface area (Å²) in [6.07, 6.45) is 3.28. The molecule has 2 unspecified atom stereocenters. The van der Waals surface area contributed by atoms with E-state index in [1.54, 1.807) is 0 Å². The molecule has 1 aliphatic heterocycles. The molecule has 15 heavy (non-hydrogen) atoms. The minimum absolute atomic E-state index is 0.181. The number of aryl methyl sites for hydroxylation is 2. The molecule has 1 aliphatic carbocycles. The van der Waals surface area contributed by atoms with E-state index in [2.05, 4.69) is 46.0 Å². The molecule has 78 valence electrons. The molecular weight excluding hydrogens is 182 g/mol. The second kappa shape index (κ2) is 2.34. The topological polar surface area (TPSA) is 12.4 Å². The zero-order chi connectivity index (χ0) is 10.8. The Balaban J connectivity index is 2.30. The molecule has 0 aromatic heterocycles. The van der Waals surface area contributed by atoms with E-state index in [1.165, 1.54) is 28.7 Å². The summed E-state index contributed by atoms with van der Waals surface area (Å²) in [5.41, 5.74) is 6.12. The SMILES string of the molecule is Cc1cc(C)c2c(c1)C=NC1(C)CC21C. The lowest BCUT2D eigenvalue weighted by Gasteiger charge is -2.25. The Kier molecular flexibility index (Phi) is 1.43. The van der Waals surface area contributed by atoms with Crippen molar-refractivity contribution in [1.82, 2.24) is 0 Å². The van der Waals surface area contributed by atoms with Gasteiger partial charge in [0.2, 0.25) is 0 Å². The van der Waals surface area contributed by atoms with E-state index in [0.717, 1.165) is 0 Å². The Morgan fingerprint density at radius 2 is 1.93 bits per heavy atom. The lowest BCUT2D eigenvalue weighted by Crippen LogP contribution is -2.23. The minimum atomic E-state index is 0.181. The highest BCUT2D eigenvalue weighted by Gasteiger charge is 2.64. The Labute approximate surface area is 91.2 Å². The second-order valence-electron chi connectivity index (χ2n) is 5.59. The summed E-state index contributed by atoms with van der Waals surface area (Å²) < 4.78 is 0.